The second-order valence-electron chi connectivity index (χ2n) is 4.69. The van der Waals surface area contributed by atoms with Crippen LogP contribution in [0, 0.1) is 11.3 Å². The van der Waals surface area contributed by atoms with Gasteiger partial charge in [-0.2, -0.15) is 0 Å². The van der Waals surface area contributed by atoms with Crippen LogP contribution >= 0.6 is 0 Å². The van der Waals surface area contributed by atoms with Crippen LogP contribution in [0.2, 0.25) is 0 Å². The molecule has 0 bridgehead atoms. The Hall–Kier alpha value is -0.570. The van der Waals surface area contributed by atoms with Crippen LogP contribution in [0.25, 0.3) is 0 Å². The van der Waals surface area contributed by atoms with Gasteiger partial charge in [-0.3, -0.25) is 4.79 Å². The highest BCUT2D eigenvalue weighted by molar-refractivity contribution is 5.73. The predicted octanol–water partition coefficient (Wildman–Crippen LogP) is 2.64. The van der Waals surface area contributed by atoms with E-state index in [9.17, 15) is 4.79 Å². The first-order chi connectivity index (χ1) is 6.93. The second kappa shape index (κ2) is 6.83. The average molecular weight is 216 g/mol. The van der Waals surface area contributed by atoms with E-state index in [1.54, 1.807) is 0 Å². The number of hydrogen-bond donors (Lipinski definition) is 0. The molecule has 0 rings (SSSR count). The first-order valence-electron chi connectivity index (χ1n) is 5.67. The summed E-state index contributed by atoms with van der Waals surface area (Å²) in [5.74, 6) is -0.135. The van der Waals surface area contributed by atoms with Crippen molar-refractivity contribution in [1.82, 2.24) is 0 Å². The molecular weight excluding hydrogens is 192 g/mol. The quantitative estimate of drug-likeness (QED) is 0.506. The van der Waals surface area contributed by atoms with E-state index in [0.717, 1.165) is 6.42 Å². The van der Waals surface area contributed by atoms with Gasteiger partial charge in [-0.05, 0) is 18.8 Å². The van der Waals surface area contributed by atoms with Crippen molar-refractivity contribution in [2.75, 3.05) is 19.8 Å². The minimum absolute atomic E-state index is 0.0286. The zero-order valence-corrected chi connectivity index (χ0v) is 10.6. The maximum atomic E-state index is 11.7. The summed E-state index contributed by atoms with van der Waals surface area (Å²) >= 11 is 0. The van der Waals surface area contributed by atoms with Crippen LogP contribution in [0.5, 0.6) is 0 Å². The monoisotopic (exact) mass is 216 g/mol. The van der Waals surface area contributed by atoms with Gasteiger partial charge in [0.15, 0.2) is 0 Å². The predicted molar refractivity (Wildman–Crippen MR) is 60.7 cm³/mol. The van der Waals surface area contributed by atoms with E-state index < -0.39 is 0 Å². The molecule has 0 aliphatic rings. The molecule has 0 aromatic heterocycles. The lowest BCUT2D eigenvalue weighted by molar-refractivity contribution is -0.154. The van der Waals surface area contributed by atoms with Crippen LogP contribution in [0.15, 0.2) is 0 Å². The number of ether oxygens (including phenoxy) is 2. The molecule has 0 aliphatic carbocycles. The van der Waals surface area contributed by atoms with Crippen molar-refractivity contribution in [2.24, 2.45) is 11.3 Å². The van der Waals surface area contributed by atoms with E-state index in [-0.39, 0.29) is 17.3 Å². The zero-order valence-electron chi connectivity index (χ0n) is 10.6. The third kappa shape index (κ3) is 5.78. The highest BCUT2D eigenvalue weighted by Gasteiger charge is 2.30. The summed E-state index contributed by atoms with van der Waals surface area (Å²) in [6.07, 6.45) is 0.816. The Kier molecular flexibility index (Phi) is 6.57. The van der Waals surface area contributed by atoms with Crippen molar-refractivity contribution in [3.05, 3.63) is 0 Å². The fraction of sp³-hybridized carbons (Fsp3) is 0.917. The second-order valence-corrected chi connectivity index (χ2v) is 4.69. The number of carbonyl (C=O) groups excluding carboxylic acids is 1. The van der Waals surface area contributed by atoms with Gasteiger partial charge in [-0.25, -0.2) is 0 Å². The third-order valence-electron chi connectivity index (χ3n) is 2.41. The van der Waals surface area contributed by atoms with Crippen molar-refractivity contribution in [1.29, 1.82) is 0 Å². The van der Waals surface area contributed by atoms with Crippen molar-refractivity contribution in [2.45, 2.75) is 41.0 Å². The van der Waals surface area contributed by atoms with E-state index in [1.165, 1.54) is 0 Å². The number of esters is 1. The molecule has 3 nitrogen and oxygen atoms in total. The van der Waals surface area contributed by atoms with E-state index in [1.807, 2.05) is 13.8 Å². The molecule has 0 radical (unpaired) electrons. The third-order valence-corrected chi connectivity index (χ3v) is 2.41. The minimum atomic E-state index is -0.107. The Bertz CT molecular complexity index is 182. The van der Waals surface area contributed by atoms with Gasteiger partial charge in [0.25, 0.3) is 0 Å². The van der Waals surface area contributed by atoms with E-state index in [4.69, 9.17) is 9.47 Å². The summed E-state index contributed by atoms with van der Waals surface area (Å²) in [4.78, 5) is 11.7. The SMILES string of the molecule is CCOCCOC(=O)C(CC)C(C)(C)C. The fourth-order valence-electron chi connectivity index (χ4n) is 1.58. The highest BCUT2D eigenvalue weighted by Crippen LogP contribution is 2.29. The molecule has 0 aromatic rings. The lowest BCUT2D eigenvalue weighted by atomic mass is 9.79. The molecular formula is C12H24O3. The minimum Gasteiger partial charge on any atom is -0.463 e. The van der Waals surface area contributed by atoms with Crippen LogP contribution in [0.4, 0.5) is 0 Å². The van der Waals surface area contributed by atoms with E-state index in [0.29, 0.717) is 19.8 Å². The molecule has 3 heteroatoms. The van der Waals surface area contributed by atoms with Gasteiger partial charge in [0.2, 0.25) is 0 Å². The largest absolute Gasteiger partial charge is 0.463 e. The van der Waals surface area contributed by atoms with Crippen LogP contribution in [-0.2, 0) is 14.3 Å². The van der Waals surface area contributed by atoms with E-state index in [2.05, 4.69) is 20.8 Å². The van der Waals surface area contributed by atoms with Gasteiger partial charge in [0, 0.05) is 6.61 Å². The number of carbonyl (C=O) groups is 1. The van der Waals surface area contributed by atoms with Crippen LogP contribution in [0.3, 0.4) is 0 Å². The molecule has 0 aromatic carbocycles. The van der Waals surface area contributed by atoms with Crippen LogP contribution < -0.4 is 0 Å². The van der Waals surface area contributed by atoms with Crippen LogP contribution in [-0.4, -0.2) is 25.8 Å². The molecule has 0 N–H and O–H groups in total. The summed E-state index contributed by atoms with van der Waals surface area (Å²) in [7, 11) is 0. The van der Waals surface area contributed by atoms with Crippen molar-refractivity contribution in [3.8, 4) is 0 Å². The number of hydrogen-bond acceptors (Lipinski definition) is 3. The Morgan fingerprint density at radius 2 is 1.80 bits per heavy atom. The topological polar surface area (TPSA) is 35.5 Å². The molecule has 1 unspecified atom stereocenters. The Morgan fingerprint density at radius 1 is 1.20 bits per heavy atom. The van der Waals surface area contributed by atoms with Crippen LogP contribution in [0.1, 0.15) is 41.0 Å². The summed E-state index contributed by atoms with van der Waals surface area (Å²) in [6, 6.07) is 0. The normalized spacial score (nSPS) is 13.7. The first kappa shape index (κ1) is 14.4. The lowest BCUT2D eigenvalue weighted by Crippen LogP contribution is -2.30. The van der Waals surface area contributed by atoms with E-state index >= 15 is 0 Å². The maximum absolute atomic E-state index is 11.7. The van der Waals surface area contributed by atoms with Gasteiger partial charge in [-0.15, -0.1) is 0 Å². The number of rotatable bonds is 6. The molecule has 0 saturated heterocycles. The van der Waals surface area contributed by atoms with Gasteiger partial charge >= 0.3 is 5.97 Å². The summed E-state index contributed by atoms with van der Waals surface area (Å²) in [6.45, 7) is 11.6. The molecule has 15 heavy (non-hydrogen) atoms. The Labute approximate surface area is 93.1 Å². The molecule has 90 valence electrons. The average Bonchev–Trinajstić information content (AvgIpc) is 2.11. The van der Waals surface area contributed by atoms with Crippen molar-refractivity contribution < 1.29 is 14.3 Å². The molecule has 0 aliphatic heterocycles. The first-order valence-corrected chi connectivity index (χ1v) is 5.67. The maximum Gasteiger partial charge on any atom is 0.309 e. The Morgan fingerprint density at radius 3 is 2.20 bits per heavy atom. The fourth-order valence-corrected chi connectivity index (χ4v) is 1.58. The summed E-state index contributed by atoms with van der Waals surface area (Å²) in [5, 5.41) is 0. The van der Waals surface area contributed by atoms with Gasteiger partial charge in [0.05, 0.1) is 12.5 Å². The molecule has 0 fully saturated rings. The van der Waals surface area contributed by atoms with Gasteiger partial charge in [0.1, 0.15) is 6.61 Å². The highest BCUT2D eigenvalue weighted by atomic mass is 16.6. The standard InChI is InChI=1S/C12H24O3/c1-6-10(12(3,4)5)11(13)15-9-8-14-7-2/h10H,6-9H2,1-5H3. The molecule has 0 amide bonds. The van der Waals surface area contributed by atoms with Crippen molar-refractivity contribution >= 4 is 5.97 Å². The summed E-state index contributed by atoms with van der Waals surface area (Å²) in [5.41, 5.74) is -0.0303. The smallest absolute Gasteiger partial charge is 0.309 e. The van der Waals surface area contributed by atoms with Gasteiger partial charge < -0.3 is 9.47 Å². The van der Waals surface area contributed by atoms with Crippen molar-refractivity contribution in [3.63, 3.8) is 0 Å². The van der Waals surface area contributed by atoms with Gasteiger partial charge in [-0.1, -0.05) is 27.7 Å². The molecule has 0 saturated carbocycles. The molecule has 1 atom stereocenters. The molecule has 0 heterocycles. The summed E-state index contributed by atoms with van der Waals surface area (Å²) < 4.78 is 10.3. The zero-order chi connectivity index (χ0) is 11.9. The molecule has 0 spiro atoms. The Balaban J connectivity index is 3.96. The lowest BCUT2D eigenvalue weighted by Gasteiger charge is -2.27.